The molecule has 0 aromatic rings. The van der Waals surface area contributed by atoms with Crippen LogP contribution in [-0.2, 0) is 4.79 Å². The molecule has 2 nitrogen and oxygen atoms in total. The third kappa shape index (κ3) is 3.33. The Hall–Kier alpha value is -0.620. The Kier molecular flexibility index (Phi) is 3.92. The number of hydrogen-bond acceptors (Lipinski definition) is 2. The summed E-state index contributed by atoms with van der Waals surface area (Å²) >= 11 is 0. The molecule has 0 aliphatic heterocycles. The van der Waals surface area contributed by atoms with Gasteiger partial charge in [0.05, 0.1) is 6.04 Å². The van der Waals surface area contributed by atoms with Gasteiger partial charge in [0.1, 0.15) is 0 Å². The summed E-state index contributed by atoms with van der Waals surface area (Å²) in [6, 6.07) is 0.285. The van der Waals surface area contributed by atoms with Gasteiger partial charge in [-0.1, -0.05) is 32.1 Å². The minimum absolute atomic E-state index is 0.285. The molecule has 0 unspecified atom stereocenters. The molecule has 1 rings (SSSR count). The summed E-state index contributed by atoms with van der Waals surface area (Å²) in [5.41, 5.74) is 0. The Morgan fingerprint density at radius 2 is 1.55 bits per heavy atom. The summed E-state index contributed by atoms with van der Waals surface area (Å²) in [5, 5.41) is 0. The maximum Gasteiger partial charge on any atom is 0.235 e. The lowest BCUT2D eigenvalue weighted by molar-refractivity contribution is 0.451. The van der Waals surface area contributed by atoms with Crippen molar-refractivity contribution in [2.75, 3.05) is 0 Å². The van der Waals surface area contributed by atoms with Crippen molar-refractivity contribution in [3.05, 3.63) is 0 Å². The molecule has 1 aliphatic rings. The van der Waals surface area contributed by atoms with E-state index in [1.54, 1.807) is 6.08 Å². The van der Waals surface area contributed by atoms with E-state index in [-0.39, 0.29) is 6.04 Å². The molecule has 0 amide bonds. The van der Waals surface area contributed by atoms with Gasteiger partial charge in [-0.15, -0.1) is 0 Å². The average Bonchev–Trinajstić information content (AvgIpc) is 1.94. The number of carbonyl (C=O) groups excluding carboxylic acids is 1. The number of hydrogen-bond donors (Lipinski definition) is 0. The summed E-state index contributed by atoms with van der Waals surface area (Å²) < 4.78 is 0. The van der Waals surface area contributed by atoms with Gasteiger partial charge in [0.15, 0.2) is 0 Å². The SMILES string of the molecule is O=C=NC1CCCCCCC1. The zero-order valence-electron chi connectivity index (χ0n) is 6.88. The summed E-state index contributed by atoms with van der Waals surface area (Å²) in [5.74, 6) is 0. The highest BCUT2D eigenvalue weighted by atomic mass is 16.1. The van der Waals surface area contributed by atoms with E-state index in [0.29, 0.717) is 0 Å². The Morgan fingerprint density at radius 1 is 1.00 bits per heavy atom. The first-order valence-electron chi connectivity index (χ1n) is 4.50. The van der Waals surface area contributed by atoms with Gasteiger partial charge >= 0.3 is 0 Å². The van der Waals surface area contributed by atoms with E-state index in [2.05, 4.69) is 4.99 Å². The van der Waals surface area contributed by atoms with Crippen molar-refractivity contribution in [2.45, 2.75) is 51.0 Å². The van der Waals surface area contributed by atoms with E-state index < -0.39 is 0 Å². The Morgan fingerprint density at radius 3 is 2.09 bits per heavy atom. The number of rotatable bonds is 1. The predicted octanol–water partition coefficient (Wildman–Crippen LogP) is 2.44. The van der Waals surface area contributed by atoms with Gasteiger partial charge in [0.2, 0.25) is 6.08 Å². The standard InChI is InChI=1S/C9H15NO/c11-8-10-9-6-4-2-1-3-5-7-9/h9H,1-7H2. The first-order chi connectivity index (χ1) is 5.43. The summed E-state index contributed by atoms with van der Waals surface area (Å²) in [7, 11) is 0. The van der Waals surface area contributed by atoms with Crippen LogP contribution in [0.3, 0.4) is 0 Å². The highest BCUT2D eigenvalue weighted by Gasteiger charge is 2.08. The van der Waals surface area contributed by atoms with E-state index in [4.69, 9.17) is 0 Å². The van der Waals surface area contributed by atoms with Crippen LogP contribution in [0.5, 0.6) is 0 Å². The van der Waals surface area contributed by atoms with Gasteiger partial charge in [-0.3, -0.25) is 0 Å². The minimum atomic E-state index is 0.285. The highest BCUT2D eigenvalue weighted by Crippen LogP contribution is 2.18. The lowest BCUT2D eigenvalue weighted by Crippen LogP contribution is -2.06. The number of aliphatic imine (C=N–C) groups is 1. The molecule has 0 spiro atoms. The van der Waals surface area contributed by atoms with Gasteiger partial charge < -0.3 is 0 Å². The third-order valence-electron chi connectivity index (χ3n) is 2.31. The van der Waals surface area contributed by atoms with E-state index in [1.165, 1.54) is 32.1 Å². The molecule has 11 heavy (non-hydrogen) atoms. The van der Waals surface area contributed by atoms with Crippen LogP contribution in [0.4, 0.5) is 0 Å². The van der Waals surface area contributed by atoms with Crippen LogP contribution in [0.25, 0.3) is 0 Å². The van der Waals surface area contributed by atoms with E-state index in [1.807, 2.05) is 0 Å². The molecule has 1 saturated carbocycles. The van der Waals surface area contributed by atoms with Crippen molar-refractivity contribution in [1.29, 1.82) is 0 Å². The van der Waals surface area contributed by atoms with Crippen LogP contribution in [0.2, 0.25) is 0 Å². The second-order valence-electron chi connectivity index (χ2n) is 3.22. The number of nitrogens with zero attached hydrogens (tertiary/aromatic N) is 1. The maximum absolute atomic E-state index is 9.98. The molecule has 62 valence electrons. The molecule has 0 saturated heterocycles. The van der Waals surface area contributed by atoms with E-state index in [0.717, 1.165) is 12.8 Å². The van der Waals surface area contributed by atoms with Crippen LogP contribution in [0.15, 0.2) is 4.99 Å². The van der Waals surface area contributed by atoms with E-state index >= 15 is 0 Å². The van der Waals surface area contributed by atoms with Gasteiger partial charge in [0.25, 0.3) is 0 Å². The van der Waals surface area contributed by atoms with Crippen molar-refractivity contribution >= 4 is 6.08 Å². The number of isocyanates is 1. The molecular weight excluding hydrogens is 138 g/mol. The molecule has 1 aliphatic carbocycles. The van der Waals surface area contributed by atoms with E-state index in [9.17, 15) is 4.79 Å². The first kappa shape index (κ1) is 8.48. The predicted molar refractivity (Wildman–Crippen MR) is 44.2 cm³/mol. The van der Waals surface area contributed by atoms with Crippen molar-refractivity contribution in [3.8, 4) is 0 Å². The van der Waals surface area contributed by atoms with Crippen molar-refractivity contribution in [2.24, 2.45) is 4.99 Å². The zero-order valence-corrected chi connectivity index (χ0v) is 6.88. The maximum atomic E-state index is 9.98. The molecule has 0 atom stereocenters. The smallest absolute Gasteiger partial charge is 0.211 e. The molecule has 0 aromatic heterocycles. The summed E-state index contributed by atoms with van der Waals surface area (Å²) in [6.45, 7) is 0. The molecule has 1 fully saturated rings. The lowest BCUT2D eigenvalue weighted by atomic mass is 9.97. The largest absolute Gasteiger partial charge is 0.235 e. The average molecular weight is 153 g/mol. The normalized spacial score (nSPS) is 21.5. The molecule has 0 radical (unpaired) electrons. The second kappa shape index (κ2) is 5.09. The molecule has 0 N–H and O–H groups in total. The van der Waals surface area contributed by atoms with Gasteiger partial charge in [-0.05, 0) is 12.8 Å². The molecule has 0 bridgehead atoms. The van der Waals surface area contributed by atoms with Gasteiger partial charge in [-0.2, -0.15) is 0 Å². The van der Waals surface area contributed by atoms with Crippen molar-refractivity contribution < 1.29 is 4.79 Å². The third-order valence-corrected chi connectivity index (χ3v) is 2.31. The van der Waals surface area contributed by atoms with Crippen LogP contribution in [-0.4, -0.2) is 12.1 Å². The van der Waals surface area contributed by atoms with Crippen LogP contribution in [0, 0.1) is 0 Å². The fraction of sp³-hybridized carbons (Fsp3) is 0.889. The topological polar surface area (TPSA) is 29.4 Å². The Balaban J connectivity index is 2.31. The fourth-order valence-corrected chi connectivity index (χ4v) is 1.64. The lowest BCUT2D eigenvalue weighted by Gasteiger charge is -2.13. The molecule has 2 heteroatoms. The summed E-state index contributed by atoms with van der Waals surface area (Å²) in [4.78, 5) is 13.8. The van der Waals surface area contributed by atoms with Gasteiger partial charge in [-0.25, -0.2) is 9.79 Å². The molecule has 0 aromatic carbocycles. The van der Waals surface area contributed by atoms with Crippen LogP contribution >= 0.6 is 0 Å². The Labute approximate surface area is 67.7 Å². The highest BCUT2D eigenvalue weighted by molar-refractivity contribution is 5.33. The monoisotopic (exact) mass is 153 g/mol. The first-order valence-corrected chi connectivity index (χ1v) is 4.50. The van der Waals surface area contributed by atoms with Crippen molar-refractivity contribution in [1.82, 2.24) is 0 Å². The quantitative estimate of drug-likeness (QED) is 0.420. The minimum Gasteiger partial charge on any atom is -0.211 e. The second-order valence-corrected chi connectivity index (χ2v) is 3.22. The Bertz CT molecular complexity index is 142. The molecule has 0 heterocycles. The van der Waals surface area contributed by atoms with Crippen LogP contribution < -0.4 is 0 Å². The summed E-state index contributed by atoms with van der Waals surface area (Å²) in [6.07, 6.45) is 10.3. The zero-order chi connectivity index (χ0) is 7.94. The molecular formula is C9H15NO. The fourth-order valence-electron chi connectivity index (χ4n) is 1.64. The van der Waals surface area contributed by atoms with Gasteiger partial charge in [0, 0.05) is 0 Å². The van der Waals surface area contributed by atoms with Crippen LogP contribution in [0.1, 0.15) is 44.9 Å². The van der Waals surface area contributed by atoms with Crippen molar-refractivity contribution in [3.63, 3.8) is 0 Å².